The molecule has 1 saturated heterocycles. The number of fused-ring (bicyclic) bond motifs is 1. The zero-order valence-corrected chi connectivity index (χ0v) is 29.0. The van der Waals surface area contributed by atoms with Crippen molar-refractivity contribution in [1.29, 1.82) is 0 Å². The van der Waals surface area contributed by atoms with Crippen molar-refractivity contribution in [2.45, 2.75) is 48.5 Å². The van der Waals surface area contributed by atoms with Crippen molar-refractivity contribution in [3.8, 4) is 5.75 Å². The number of methoxy groups -OCH3 is 1. The second kappa shape index (κ2) is 13.2. The van der Waals surface area contributed by atoms with Crippen LogP contribution < -0.4 is 10.1 Å². The molecule has 1 amide bonds. The van der Waals surface area contributed by atoms with Crippen molar-refractivity contribution in [3.05, 3.63) is 123 Å². The number of carbonyl (C=O) groups excluding carboxylic acids is 1. The normalized spacial score (nSPS) is 16.0. The first-order valence-corrected chi connectivity index (χ1v) is 18.3. The number of nitrogens with one attached hydrogen (secondary N) is 1. The highest BCUT2D eigenvalue weighted by Crippen LogP contribution is 2.44. The summed E-state index contributed by atoms with van der Waals surface area (Å²) in [5.41, 5.74) is 5.69. The van der Waals surface area contributed by atoms with Crippen LogP contribution in [0.1, 0.15) is 76.3 Å². The number of carbonyl (C=O) groups is 1. The van der Waals surface area contributed by atoms with Crippen molar-refractivity contribution in [2.24, 2.45) is 0 Å². The van der Waals surface area contributed by atoms with Crippen LogP contribution in [-0.2, 0) is 10.0 Å². The van der Waals surface area contributed by atoms with E-state index >= 15 is 0 Å². The Morgan fingerprint density at radius 3 is 2.02 bits per heavy atom. The minimum Gasteiger partial charge on any atom is -0.496 e. The Hall–Kier alpha value is -3.89. The molecule has 1 aliphatic carbocycles. The number of amides is 1. The average Bonchev–Trinajstić information content (AvgIpc) is 3.89. The van der Waals surface area contributed by atoms with Gasteiger partial charge in [-0.25, -0.2) is 8.42 Å². The lowest BCUT2D eigenvalue weighted by molar-refractivity contribution is 0.0960. The molecule has 7 rings (SSSR count). The van der Waals surface area contributed by atoms with E-state index in [1.807, 2.05) is 24.3 Å². The van der Waals surface area contributed by atoms with Gasteiger partial charge in [0.2, 0.25) is 10.0 Å². The van der Waals surface area contributed by atoms with Crippen molar-refractivity contribution in [3.63, 3.8) is 0 Å². The molecule has 48 heavy (non-hydrogen) atoms. The Balaban J connectivity index is 1.22. The van der Waals surface area contributed by atoms with E-state index in [9.17, 15) is 13.2 Å². The third-order valence-electron chi connectivity index (χ3n) is 9.51. The van der Waals surface area contributed by atoms with Crippen LogP contribution in [0.4, 0.5) is 0 Å². The monoisotopic (exact) mass is 702 g/mol. The van der Waals surface area contributed by atoms with Crippen LogP contribution in [0.15, 0.2) is 89.8 Å². The number of sulfonamides is 1. The number of halogens is 2. The molecule has 8 nitrogen and oxygen atoms in total. The fourth-order valence-corrected chi connectivity index (χ4v) is 8.64. The van der Waals surface area contributed by atoms with Gasteiger partial charge in [-0.1, -0.05) is 53.5 Å². The van der Waals surface area contributed by atoms with Crippen LogP contribution in [0.2, 0.25) is 10.0 Å². The molecule has 1 N–H and O–H groups in total. The number of benzene rings is 4. The van der Waals surface area contributed by atoms with Crippen molar-refractivity contribution >= 4 is 50.0 Å². The molecule has 2 heterocycles. The molecule has 0 atom stereocenters. The standard InChI is InChI=1S/C37H36Cl2N4O4S/c1-40-37(44)32-22-30(14-16-34(32)47-2)48(45,46)42-19-17-25(18-20-42)36-31-21-26(7-15-33(31)41-43(36)29-12-13-29)35(23-3-8-27(38)9-4-23)24-5-10-28(39)11-6-24/h3-11,14-16,21-22,25,29,35H,12-13,17-20H2,1-2H3,(H,40,44). The first kappa shape index (κ1) is 32.6. The SMILES string of the molecule is CNC(=O)c1cc(S(=O)(=O)N2CCC(c3c4cc(C(c5ccc(Cl)cc5)c5ccc(Cl)cc5)ccc4nn3C3CC3)CC2)ccc1OC. The van der Waals surface area contributed by atoms with Crippen LogP contribution in [0, 0.1) is 0 Å². The van der Waals surface area contributed by atoms with Gasteiger partial charge in [-0.15, -0.1) is 0 Å². The van der Waals surface area contributed by atoms with E-state index in [-0.39, 0.29) is 22.3 Å². The Labute approximate surface area is 290 Å². The predicted molar refractivity (Wildman–Crippen MR) is 189 cm³/mol. The maximum absolute atomic E-state index is 13.8. The van der Waals surface area contributed by atoms with E-state index in [4.69, 9.17) is 33.0 Å². The van der Waals surface area contributed by atoms with Crippen LogP contribution in [0.25, 0.3) is 10.9 Å². The predicted octanol–water partition coefficient (Wildman–Crippen LogP) is 7.79. The summed E-state index contributed by atoms with van der Waals surface area (Å²) in [5, 5.41) is 10.1. The number of hydrogen-bond acceptors (Lipinski definition) is 5. The second-order valence-corrected chi connectivity index (χ2v) is 15.3. The highest BCUT2D eigenvalue weighted by molar-refractivity contribution is 7.89. The van der Waals surface area contributed by atoms with Gasteiger partial charge >= 0.3 is 0 Å². The summed E-state index contributed by atoms with van der Waals surface area (Å²) in [6.45, 7) is 0.729. The molecule has 1 aromatic heterocycles. The van der Waals surface area contributed by atoms with Crippen LogP contribution in [-0.4, -0.2) is 55.7 Å². The highest BCUT2D eigenvalue weighted by Gasteiger charge is 2.36. The summed E-state index contributed by atoms with van der Waals surface area (Å²) in [6.07, 6.45) is 3.50. The lowest BCUT2D eigenvalue weighted by atomic mass is 9.84. The van der Waals surface area contributed by atoms with Gasteiger partial charge in [-0.2, -0.15) is 9.40 Å². The van der Waals surface area contributed by atoms with E-state index in [2.05, 4.69) is 52.5 Å². The molecule has 1 aliphatic heterocycles. The minimum absolute atomic E-state index is 0.0442. The minimum atomic E-state index is -3.83. The number of rotatable bonds is 9. The Morgan fingerprint density at radius 2 is 1.46 bits per heavy atom. The summed E-state index contributed by atoms with van der Waals surface area (Å²) in [6, 6.07) is 27.3. The van der Waals surface area contributed by atoms with Crippen LogP contribution >= 0.6 is 23.2 Å². The number of piperidine rings is 1. The van der Waals surface area contributed by atoms with E-state index in [1.54, 1.807) is 0 Å². The highest BCUT2D eigenvalue weighted by atomic mass is 35.5. The average molecular weight is 704 g/mol. The van der Waals surface area contributed by atoms with E-state index in [0.717, 1.165) is 40.4 Å². The summed E-state index contributed by atoms with van der Waals surface area (Å²) >= 11 is 12.5. The number of nitrogens with zero attached hydrogens (tertiary/aromatic N) is 3. The largest absolute Gasteiger partial charge is 0.496 e. The third-order valence-corrected chi connectivity index (χ3v) is 11.9. The van der Waals surface area contributed by atoms with Crippen molar-refractivity contribution < 1.29 is 17.9 Å². The molecule has 0 radical (unpaired) electrons. The molecule has 4 aromatic carbocycles. The molecule has 248 valence electrons. The quantitative estimate of drug-likeness (QED) is 0.158. The molecular weight excluding hydrogens is 667 g/mol. The zero-order chi connectivity index (χ0) is 33.6. The van der Waals surface area contributed by atoms with Gasteiger partial charge in [0.15, 0.2) is 0 Å². The van der Waals surface area contributed by atoms with Gasteiger partial charge in [-0.05, 0) is 97.0 Å². The van der Waals surface area contributed by atoms with Crippen molar-refractivity contribution in [1.82, 2.24) is 19.4 Å². The molecular formula is C37H36Cl2N4O4S. The molecule has 5 aromatic rings. The zero-order valence-electron chi connectivity index (χ0n) is 26.7. The first-order chi connectivity index (χ1) is 23.2. The van der Waals surface area contributed by atoms with Gasteiger partial charge in [0.05, 0.1) is 29.1 Å². The van der Waals surface area contributed by atoms with E-state index in [0.29, 0.717) is 47.8 Å². The maximum atomic E-state index is 13.8. The molecule has 0 unspecified atom stereocenters. The molecule has 1 saturated carbocycles. The number of aromatic nitrogens is 2. The van der Waals surface area contributed by atoms with Gasteiger partial charge in [0, 0.05) is 53.1 Å². The maximum Gasteiger partial charge on any atom is 0.254 e. The second-order valence-electron chi connectivity index (χ2n) is 12.5. The first-order valence-electron chi connectivity index (χ1n) is 16.1. The fourth-order valence-electron chi connectivity index (χ4n) is 6.89. The van der Waals surface area contributed by atoms with Crippen molar-refractivity contribution in [2.75, 3.05) is 27.2 Å². The Kier molecular flexibility index (Phi) is 8.98. The van der Waals surface area contributed by atoms with Crippen LogP contribution in [0.3, 0.4) is 0 Å². The van der Waals surface area contributed by atoms with Crippen LogP contribution in [0.5, 0.6) is 5.75 Å². The van der Waals surface area contributed by atoms with Gasteiger partial charge < -0.3 is 10.1 Å². The smallest absolute Gasteiger partial charge is 0.254 e. The topological polar surface area (TPSA) is 93.5 Å². The van der Waals surface area contributed by atoms with Gasteiger partial charge in [-0.3, -0.25) is 9.48 Å². The van der Waals surface area contributed by atoms with Gasteiger partial charge in [0.25, 0.3) is 5.91 Å². The summed E-state index contributed by atoms with van der Waals surface area (Å²) < 4.78 is 36.6. The Morgan fingerprint density at radius 1 is 0.854 bits per heavy atom. The number of ether oxygens (including phenoxy) is 1. The van der Waals surface area contributed by atoms with E-state index < -0.39 is 15.9 Å². The lowest BCUT2D eigenvalue weighted by Gasteiger charge is -2.32. The molecule has 0 bridgehead atoms. The molecule has 2 aliphatic rings. The summed E-state index contributed by atoms with van der Waals surface area (Å²) in [5.74, 6) is 0.00820. The van der Waals surface area contributed by atoms with Gasteiger partial charge in [0.1, 0.15) is 5.75 Å². The number of hydrogen-bond donors (Lipinski definition) is 1. The third kappa shape index (κ3) is 6.20. The summed E-state index contributed by atoms with van der Waals surface area (Å²) in [7, 11) is -0.873. The molecule has 11 heteroatoms. The summed E-state index contributed by atoms with van der Waals surface area (Å²) in [4.78, 5) is 12.5. The fraction of sp³-hybridized carbons (Fsp3) is 0.297. The lowest BCUT2D eigenvalue weighted by Crippen LogP contribution is -2.38. The Bertz CT molecular complexity index is 2040. The molecule has 0 spiro atoms. The van der Waals surface area contributed by atoms with E-state index in [1.165, 1.54) is 42.4 Å². The molecule has 2 fully saturated rings.